The Kier molecular flexibility index (Phi) is 30.7. The van der Waals surface area contributed by atoms with E-state index >= 15 is 0 Å². The van der Waals surface area contributed by atoms with Gasteiger partial charge in [-0.3, -0.25) is 28.8 Å². The monoisotopic (exact) mass is 1700 g/mol. The average Bonchev–Trinajstić information content (AvgIpc) is 0.813. The van der Waals surface area contributed by atoms with Crippen LogP contribution in [0.15, 0.2) is 348 Å². The highest BCUT2D eigenvalue weighted by molar-refractivity contribution is 7.99. The van der Waals surface area contributed by atoms with Crippen molar-refractivity contribution in [2.75, 3.05) is 31.2 Å². The van der Waals surface area contributed by atoms with E-state index in [4.69, 9.17) is 19.2 Å². The van der Waals surface area contributed by atoms with Gasteiger partial charge >= 0.3 is 17.9 Å². The smallest absolute Gasteiger partial charge is 0.332 e. The summed E-state index contributed by atoms with van der Waals surface area (Å²) in [5.41, 5.74) is 16.9. The molecule has 0 radical (unpaired) electrons. The zero-order valence-corrected chi connectivity index (χ0v) is 72.5. The van der Waals surface area contributed by atoms with Crippen LogP contribution in [-0.4, -0.2) is 96.0 Å². The molecular weight excluding hydrogens is 1610 g/mol. The van der Waals surface area contributed by atoms with Gasteiger partial charge in [0.1, 0.15) is 0 Å². The maximum Gasteiger partial charge on any atom is 0.332 e. The second-order valence-electron chi connectivity index (χ2n) is 29.4. The fraction of sp³-hybridized carbons (Fsp3) is 0.135. The quantitative estimate of drug-likeness (QED) is 0.0212. The first kappa shape index (κ1) is 89.4. The lowest BCUT2D eigenvalue weighted by Gasteiger charge is -2.28. The predicted octanol–water partition coefficient (Wildman–Crippen LogP) is 22.3. The Morgan fingerprint density at radius 1 is 0.282 bits per heavy atom. The van der Waals surface area contributed by atoms with Crippen LogP contribution >= 0.6 is 35.3 Å². The van der Waals surface area contributed by atoms with Crippen LogP contribution in [0.2, 0.25) is 0 Å². The van der Waals surface area contributed by atoms with E-state index in [0.717, 1.165) is 98.2 Å². The third-order valence-electron chi connectivity index (χ3n) is 19.9. The van der Waals surface area contributed by atoms with Crippen LogP contribution < -0.4 is 4.90 Å². The van der Waals surface area contributed by atoms with E-state index in [1.54, 1.807) is 36.4 Å². The molecule has 620 valence electrons. The van der Waals surface area contributed by atoms with Crippen LogP contribution in [0.3, 0.4) is 0 Å². The summed E-state index contributed by atoms with van der Waals surface area (Å²) in [6.07, 6.45) is 0. The zero-order valence-electron chi connectivity index (χ0n) is 70.0. The van der Waals surface area contributed by atoms with Crippen LogP contribution in [0, 0.1) is 48.5 Å². The van der Waals surface area contributed by atoms with Gasteiger partial charge in [0.25, 0.3) is 0 Å². The number of carbonyl (C=O) groups is 9. The summed E-state index contributed by atoms with van der Waals surface area (Å²) in [5.74, 6) is -2.88. The summed E-state index contributed by atoms with van der Waals surface area (Å²) < 4.78 is 5.42. The topological polar surface area (TPSA) is 231 Å². The highest BCUT2D eigenvalue weighted by Crippen LogP contribution is 2.34. The molecule has 0 amide bonds. The lowest BCUT2D eigenvalue weighted by molar-refractivity contribution is -0.141. The fourth-order valence-electron chi connectivity index (χ4n) is 13.2. The molecule has 124 heavy (non-hydrogen) atoms. The summed E-state index contributed by atoms with van der Waals surface area (Å²) in [5, 5.41) is 11.7. The first-order chi connectivity index (χ1) is 59.8. The van der Waals surface area contributed by atoms with Gasteiger partial charge in [-0.25, -0.2) is 14.4 Å². The molecule has 20 heteroatoms. The number of hydrogen-bond acceptors (Lipinski definition) is 20. The van der Waals surface area contributed by atoms with Crippen molar-refractivity contribution in [1.82, 2.24) is 0 Å². The molecule has 14 rings (SSSR count). The third-order valence-corrected chi connectivity index (χ3v) is 23.0. The maximum atomic E-state index is 13.4. The fourth-order valence-corrected chi connectivity index (χ4v) is 15.7. The highest BCUT2D eigenvalue weighted by Gasteiger charge is 2.25. The van der Waals surface area contributed by atoms with E-state index in [0.29, 0.717) is 80.0 Å². The van der Waals surface area contributed by atoms with Crippen molar-refractivity contribution in [1.29, 1.82) is 0 Å². The van der Waals surface area contributed by atoms with Gasteiger partial charge in [0.05, 0.1) is 13.2 Å². The maximum absolute atomic E-state index is 13.4. The van der Waals surface area contributed by atoms with Gasteiger partial charge in [0.15, 0.2) is 34.5 Å². The molecule has 13 aromatic rings. The van der Waals surface area contributed by atoms with E-state index in [2.05, 4.69) is 20.4 Å². The van der Waals surface area contributed by atoms with E-state index in [9.17, 15) is 43.2 Å². The molecule has 1 aliphatic heterocycles. The number of ketones is 6. The molecule has 1 saturated heterocycles. The molecule has 0 aromatic heterocycles. The summed E-state index contributed by atoms with van der Waals surface area (Å²) in [4.78, 5) is 136. The number of anilines is 1. The summed E-state index contributed by atoms with van der Waals surface area (Å²) in [7, 11) is 0. The molecule has 17 nitrogen and oxygen atoms in total. The van der Waals surface area contributed by atoms with Gasteiger partial charge in [0.2, 0.25) is 17.3 Å². The van der Waals surface area contributed by atoms with Crippen LogP contribution in [0.25, 0.3) is 11.1 Å². The number of aryl methyl sites for hydroxylation is 7. The van der Waals surface area contributed by atoms with Gasteiger partial charge in [-0.15, -0.1) is 0 Å². The van der Waals surface area contributed by atoms with Crippen molar-refractivity contribution in [3.63, 3.8) is 0 Å². The summed E-state index contributed by atoms with van der Waals surface area (Å²) >= 11 is 4.58. The summed E-state index contributed by atoms with van der Waals surface area (Å²) in [6, 6.07) is 94.2. The Balaban J connectivity index is 0.000000170. The highest BCUT2D eigenvalue weighted by atomic mass is 32.2. The number of ether oxygens (including phenoxy) is 1. The van der Waals surface area contributed by atoms with E-state index in [1.165, 1.54) is 56.1 Å². The number of rotatable bonds is 26. The largest absolute Gasteiger partial charge is 0.378 e. The third kappa shape index (κ3) is 24.0. The van der Waals surface area contributed by atoms with Crippen LogP contribution in [0.1, 0.15) is 155 Å². The van der Waals surface area contributed by atoms with E-state index < -0.39 is 17.9 Å². The molecule has 0 N–H and O–H groups in total. The molecule has 0 bridgehead atoms. The minimum Gasteiger partial charge on any atom is -0.378 e. The van der Waals surface area contributed by atoms with E-state index in [1.807, 2.05) is 315 Å². The normalized spacial score (nSPS) is 12.0. The summed E-state index contributed by atoms with van der Waals surface area (Å²) in [6.45, 7) is 20.2. The Bertz CT molecular complexity index is 6210. The number of oxime groups is 3. The minimum absolute atomic E-state index is 0.00224. The molecule has 0 unspecified atom stereocenters. The average molecular weight is 1700 g/mol. The van der Waals surface area contributed by atoms with Crippen molar-refractivity contribution >= 4 is 111 Å². The minimum atomic E-state index is -0.601. The molecule has 0 spiro atoms. The number of hydrogen-bond donors (Lipinski definition) is 0. The van der Waals surface area contributed by atoms with Gasteiger partial charge in [-0.2, -0.15) is 0 Å². The van der Waals surface area contributed by atoms with E-state index in [-0.39, 0.29) is 51.8 Å². The first-order valence-electron chi connectivity index (χ1n) is 39.8. The van der Waals surface area contributed by atoms with Crippen LogP contribution in [0.5, 0.6) is 0 Å². The predicted molar refractivity (Wildman–Crippen MR) is 489 cm³/mol. The Hall–Kier alpha value is -13.9. The molecule has 1 heterocycles. The number of Topliss-reactive ketones (excluding diaryl/α,β-unsaturated/α-hetero) is 3. The molecule has 0 atom stereocenters. The number of carbonyl (C=O) groups excluding carboxylic acids is 9. The Morgan fingerprint density at radius 2 is 0.548 bits per heavy atom. The number of benzene rings is 13. The Morgan fingerprint density at radius 3 is 0.863 bits per heavy atom. The van der Waals surface area contributed by atoms with Gasteiger partial charge in [-0.05, 0) is 270 Å². The van der Waals surface area contributed by atoms with Gasteiger partial charge in [0, 0.05) is 136 Å². The number of morpholine rings is 1. The Labute approximate surface area is 733 Å². The van der Waals surface area contributed by atoms with Crippen molar-refractivity contribution in [3.8, 4) is 11.1 Å². The molecule has 13 aromatic carbocycles. The van der Waals surface area contributed by atoms with Crippen molar-refractivity contribution in [3.05, 3.63) is 409 Å². The van der Waals surface area contributed by atoms with Crippen LogP contribution in [-0.2, 0) is 33.6 Å². The number of nitrogens with zero attached hydrogens (tertiary/aromatic N) is 4. The van der Waals surface area contributed by atoms with Gasteiger partial charge in [-0.1, -0.05) is 183 Å². The molecule has 0 saturated carbocycles. The lowest BCUT2D eigenvalue weighted by Crippen LogP contribution is -2.36. The van der Waals surface area contributed by atoms with Crippen molar-refractivity contribution < 1.29 is 62.4 Å². The molecular formula is C104H88N4O13S3. The SMILES string of the molecule is CC(=O)O/N=C(/C(=O)c1ccc(Sc2ccc(C(=O)c3ccc(-c4ccccc4)cc3)cc2)cc1)c1cc(C)ccc1C.CC(=O)O/N=C(/C(=O)c1ccc(Sc2ccc(C(=O)c3ccc(N4CCOCC4)cc3)cc2)cc1)c1cc(C)ccc1C.CC(=O)O/N=C(/C(=O)c1ccc(Sc2ccc(C(=O)c3ccccc3C)cc2)cc1)c1cc(C)ccc1C. The zero-order chi connectivity index (χ0) is 87.9. The first-order valence-corrected chi connectivity index (χ1v) is 42.3. The second-order valence-corrected chi connectivity index (χ2v) is 32.8. The molecule has 1 fully saturated rings. The molecule has 1 aliphatic rings. The standard InChI is InChI=1S/C37H29NO4S.C35H32N2O5S.C32H27NO4S/c1-24-9-10-25(2)34(23-24)35(38-42-26(3)39)37(41)31-17-21-33(22-18-31)43-32-19-15-30(16-20-32)36(40)29-13-11-28(12-14-29)27-7-5-4-6-8-27;1-23-4-5-24(2)32(22-23)33(36-42-25(3)38)35(40)28-10-16-31(17-11-28)43-30-14-8-27(9-15-30)34(39)26-6-12-29(13-7-26)37-18-20-41-21-19-37;1-20-9-10-22(3)29(19-20)30(33-37-23(4)34)32(36)25-13-17-27(18-14-25)38-26-15-11-24(12-16-26)31(35)28-8-6-5-7-21(28)2/h4-23H,1-3H3;4-17,22H,18-21H2,1-3H3;5-19H,1-4H3/b38-35+;36-33+;33-30+. The molecule has 0 aliphatic carbocycles. The van der Waals surface area contributed by atoms with Crippen LogP contribution in [0.4, 0.5) is 5.69 Å². The van der Waals surface area contributed by atoms with Gasteiger partial charge < -0.3 is 24.1 Å². The lowest BCUT2D eigenvalue weighted by atomic mass is 9.96. The van der Waals surface area contributed by atoms with Crippen molar-refractivity contribution in [2.24, 2.45) is 15.5 Å². The second kappa shape index (κ2) is 42.6. The van der Waals surface area contributed by atoms with Crippen molar-refractivity contribution in [2.45, 2.75) is 98.6 Å².